The molecule has 1 aromatic rings. The van der Waals surface area contributed by atoms with Gasteiger partial charge in [0.05, 0.1) is 19.3 Å². The number of nitrogens with one attached hydrogen (secondary N) is 2. The Balaban J connectivity index is 1.99. The number of alkyl carbamates (subject to hydrolysis) is 1. The molecule has 362 valence electrons. The minimum absolute atomic E-state index is 0.00993. The number of benzene rings is 1. The molecule has 0 unspecified atom stereocenters. The van der Waals surface area contributed by atoms with Crippen LogP contribution in [0.25, 0.3) is 0 Å². The van der Waals surface area contributed by atoms with E-state index in [9.17, 15) is 34.5 Å². The molecule has 0 saturated carbocycles. The van der Waals surface area contributed by atoms with Gasteiger partial charge < -0.3 is 40.3 Å². The zero-order valence-electron chi connectivity index (χ0n) is 39.3. The van der Waals surface area contributed by atoms with E-state index in [1.807, 2.05) is 18.2 Å². The number of aliphatic hydroxyl groups excluding tert-OH is 3. The number of carbonyl (C=O) groups is 4. The average Bonchev–Trinajstić information content (AvgIpc) is 3.28. The van der Waals surface area contributed by atoms with E-state index in [1.165, 1.54) is 120 Å². The van der Waals surface area contributed by atoms with Gasteiger partial charge >= 0.3 is 6.09 Å². The first-order chi connectivity index (χ1) is 30.6. The van der Waals surface area contributed by atoms with Crippen molar-refractivity contribution in [2.24, 2.45) is 11.7 Å². The Kier molecular flexibility index (Phi) is 31.3. The first-order valence-corrected chi connectivity index (χ1v) is 25.1. The molecule has 2 rings (SSSR count). The Morgan fingerprint density at radius 3 is 1.59 bits per heavy atom. The molecule has 1 saturated heterocycles. The second kappa shape index (κ2) is 35.2. The van der Waals surface area contributed by atoms with Crippen LogP contribution >= 0.6 is 0 Å². The van der Waals surface area contributed by atoms with Gasteiger partial charge in [0.25, 0.3) is 0 Å². The number of nitrogens with two attached hydrogens (primary N) is 1. The van der Waals surface area contributed by atoms with Crippen molar-refractivity contribution >= 4 is 23.7 Å². The molecule has 5 atom stereocenters. The summed E-state index contributed by atoms with van der Waals surface area (Å²) in [5.74, 6) is -5.69. The number of carbonyl (C=O) groups excluding carboxylic acids is 4. The van der Waals surface area contributed by atoms with Crippen molar-refractivity contribution in [3.63, 3.8) is 0 Å². The Labute approximate surface area is 380 Å². The molecule has 0 radical (unpaired) electrons. The van der Waals surface area contributed by atoms with Crippen LogP contribution < -0.4 is 16.4 Å². The van der Waals surface area contributed by atoms with Gasteiger partial charge in [-0.15, -0.1) is 0 Å². The van der Waals surface area contributed by atoms with E-state index < -0.39 is 67.6 Å². The standard InChI is InChI=1S/C50H88N4O9/c1-3-5-7-9-11-13-15-17-18-19-20-22-24-26-31-35-45(58)54(36-32-27-25-23-21-16-14-12-10-8-6-4-2)50(51)46(48(60)47(59)43(39-55)63-50)42(56)37-52-44(57)38-53-49(61)62-40-41-33-29-28-30-34-41/h28-30,33-34,43,46-48,55,59-60H,3-27,31-32,35-40,51H2,1-2H3,(H,52,57)(H,53,61)/t43-,46-,47-,48-,50+/m1/s1. The van der Waals surface area contributed by atoms with Crippen LogP contribution in [0.1, 0.15) is 199 Å². The van der Waals surface area contributed by atoms with Crippen LogP contribution in [0.5, 0.6) is 0 Å². The van der Waals surface area contributed by atoms with Gasteiger partial charge in [-0.05, 0) is 18.4 Å². The summed E-state index contributed by atoms with van der Waals surface area (Å²) in [4.78, 5) is 54.3. The normalized spacial score (nSPS) is 19.7. The smallest absolute Gasteiger partial charge is 0.407 e. The molecule has 63 heavy (non-hydrogen) atoms. The zero-order chi connectivity index (χ0) is 46.0. The van der Waals surface area contributed by atoms with E-state index in [0.717, 1.165) is 50.5 Å². The van der Waals surface area contributed by atoms with E-state index in [2.05, 4.69) is 24.5 Å². The summed E-state index contributed by atoms with van der Waals surface area (Å²) in [5, 5.41) is 37.2. The zero-order valence-corrected chi connectivity index (χ0v) is 39.3. The highest BCUT2D eigenvalue weighted by Gasteiger charge is 2.58. The molecule has 0 spiro atoms. The maximum atomic E-state index is 14.2. The fourth-order valence-electron chi connectivity index (χ4n) is 8.52. The van der Waals surface area contributed by atoms with Crippen molar-refractivity contribution in [3.8, 4) is 0 Å². The molecule has 7 N–H and O–H groups in total. The Hall–Kier alpha value is -3.10. The summed E-state index contributed by atoms with van der Waals surface area (Å²) in [7, 11) is 0. The second-order valence-electron chi connectivity index (χ2n) is 17.8. The number of nitrogens with zero attached hydrogens (tertiary/aromatic N) is 1. The fraction of sp³-hybridized carbons (Fsp3) is 0.800. The summed E-state index contributed by atoms with van der Waals surface area (Å²) in [6, 6.07) is 9.04. The molecule has 0 bridgehead atoms. The molecule has 0 aliphatic carbocycles. The van der Waals surface area contributed by atoms with Gasteiger partial charge in [-0.25, -0.2) is 4.79 Å². The first kappa shape index (κ1) is 56.0. The lowest BCUT2D eigenvalue weighted by atomic mass is 9.82. The second-order valence-corrected chi connectivity index (χ2v) is 17.8. The van der Waals surface area contributed by atoms with Crippen molar-refractivity contribution in [3.05, 3.63) is 35.9 Å². The van der Waals surface area contributed by atoms with Crippen molar-refractivity contribution in [2.75, 3.05) is 26.2 Å². The molecular formula is C50H88N4O9. The molecule has 3 amide bonds. The number of ether oxygens (including phenoxy) is 2. The molecule has 13 heteroatoms. The quantitative estimate of drug-likeness (QED) is 0.0276. The van der Waals surface area contributed by atoms with Crippen LogP contribution in [0.15, 0.2) is 30.3 Å². The Bertz CT molecular complexity index is 1350. The molecule has 1 aliphatic heterocycles. The van der Waals surface area contributed by atoms with Gasteiger partial charge in [-0.2, -0.15) is 0 Å². The van der Waals surface area contributed by atoms with Crippen molar-refractivity contribution in [2.45, 2.75) is 224 Å². The predicted molar refractivity (Wildman–Crippen MR) is 249 cm³/mol. The monoisotopic (exact) mass is 889 g/mol. The minimum Gasteiger partial charge on any atom is -0.445 e. The molecule has 1 aliphatic rings. The number of ketones is 1. The highest BCUT2D eigenvalue weighted by Crippen LogP contribution is 2.36. The Morgan fingerprint density at radius 2 is 1.11 bits per heavy atom. The summed E-state index contributed by atoms with van der Waals surface area (Å²) >= 11 is 0. The number of rotatable bonds is 38. The van der Waals surface area contributed by atoms with Gasteiger partial charge in [-0.1, -0.05) is 205 Å². The van der Waals surface area contributed by atoms with Crippen molar-refractivity contribution in [1.82, 2.24) is 15.5 Å². The molecule has 1 fully saturated rings. The van der Waals surface area contributed by atoms with Gasteiger partial charge in [-0.3, -0.25) is 20.1 Å². The fourth-order valence-corrected chi connectivity index (χ4v) is 8.52. The van der Waals surface area contributed by atoms with Gasteiger partial charge in [0.2, 0.25) is 17.7 Å². The number of aliphatic hydroxyl groups is 3. The lowest BCUT2D eigenvalue weighted by Crippen LogP contribution is -2.75. The number of unbranched alkanes of at least 4 members (excludes halogenated alkanes) is 25. The minimum atomic E-state index is -2.21. The first-order valence-electron chi connectivity index (χ1n) is 25.1. The number of amides is 3. The van der Waals surface area contributed by atoms with Crippen LogP contribution in [-0.4, -0.2) is 94.3 Å². The van der Waals surface area contributed by atoms with Crippen LogP contribution in [0.2, 0.25) is 0 Å². The van der Waals surface area contributed by atoms with Crippen molar-refractivity contribution < 1.29 is 44.0 Å². The molecule has 1 heterocycles. The molecule has 1 aromatic carbocycles. The van der Waals surface area contributed by atoms with Gasteiger partial charge in [0, 0.05) is 13.0 Å². The Morgan fingerprint density at radius 1 is 0.651 bits per heavy atom. The summed E-state index contributed by atoms with van der Waals surface area (Å²) in [6.45, 7) is 2.81. The van der Waals surface area contributed by atoms with Crippen LogP contribution in [0.3, 0.4) is 0 Å². The number of hydrogen-bond donors (Lipinski definition) is 6. The molecule has 13 nitrogen and oxygen atoms in total. The largest absolute Gasteiger partial charge is 0.445 e. The van der Waals surface area contributed by atoms with Crippen molar-refractivity contribution in [1.29, 1.82) is 0 Å². The third-order valence-corrected chi connectivity index (χ3v) is 12.4. The molecule has 0 aromatic heterocycles. The number of hydrogen-bond acceptors (Lipinski definition) is 10. The average molecular weight is 889 g/mol. The van der Waals surface area contributed by atoms with Crippen LogP contribution in [-0.2, 0) is 30.5 Å². The van der Waals surface area contributed by atoms with E-state index in [4.69, 9.17) is 15.2 Å². The maximum Gasteiger partial charge on any atom is 0.407 e. The highest BCUT2D eigenvalue weighted by atomic mass is 16.6. The third kappa shape index (κ3) is 23.6. The van der Waals surface area contributed by atoms with Crippen LogP contribution in [0.4, 0.5) is 4.79 Å². The van der Waals surface area contributed by atoms with E-state index in [0.29, 0.717) is 12.8 Å². The lowest BCUT2D eigenvalue weighted by Gasteiger charge is -2.52. The molecular weight excluding hydrogens is 801 g/mol. The predicted octanol–water partition coefficient (Wildman–Crippen LogP) is 8.73. The van der Waals surface area contributed by atoms with Gasteiger partial charge in [0.1, 0.15) is 31.3 Å². The highest BCUT2D eigenvalue weighted by molar-refractivity contribution is 5.90. The summed E-state index contributed by atoms with van der Waals surface area (Å²) in [6.07, 6.45) is 25.8. The number of Topliss-reactive ketones (excluding diaryl/α,β-unsaturated/α-hetero) is 1. The van der Waals surface area contributed by atoms with E-state index in [-0.39, 0.29) is 25.5 Å². The SMILES string of the molecule is CCCCCCCCCCCCCCCCCC(=O)N(CCCCCCCCCCCCCC)[C@]1(N)O[C@H](CO)[C@@H](O)[C@H](O)[C@H]1C(=O)CNC(=O)CNC(=O)OCc1ccccc1. The van der Waals surface area contributed by atoms with E-state index >= 15 is 0 Å². The van der Waals surface area contributed by atoms with Crippen LogP contribution in [0, 0.1) is 5.92 Å². The van der Waals surface area contributed by atoms with E-state index in [1.54, 1.807) is 12.1 Å². The third-order valence-electron chi connectivity index (χ3n) is 12.4. The lowest BCUT2D eigenvalue weighted by molar-refractivity contribution is -0.291. The maximum absolute atomic E-state index is 14.2. The topological polar surface area (TPSA) is 201 Å². The summed E-state index contributed by atoms with van der Waals surface area (Å²) < 4.78 is 11.2. The summed E-state index contributed by atoms with van der Waals surface area (Å²) in [5.41, 5.74) is 7.71. The van der Waals surface area contributed by atoms with Gasteiger partial charge in [0.15, 0.2) is 5.78 Å².